The van der Waals surface area contributed by atoms with E-state index in [0.717, 1.165) is 50.2 Å². The first-order valence-electron chi connectivity index (χ1n) is 21.7. The van der Waals surface area contributed by atoms with E-state index in [2.05, 4.69) is 65.8 Å². The van der Waals surface area contributed by atoms with Gasteiger partial charge >= 0.3 is 5.97 Å². The molecule has 5 heteroatoms. The van der Waals surface area contributed by atoms with Crippen molar-refractivity contribution in [1.82, 2.24) is 0 Å². The topological polar surface area (TPSA) is 88.5 Å². The Morgan fingerprint density at radius 3 is 1.58 bits per heavy atom. The van der Waals surface area contributed by atoms with E-state index in [4.69, 9.17) is 5.11 Å². The molecule has 53 heavy (non-hydrogen) atoms. The van der Waals surface area contributed by atoms with Crippen LogP contribution in [0.2, 0.25) is 0 Å². The van der Waals surface area contributed by atoms with Crippen LogP contribution < -0.4 is 0 Å². The minimum Gasteiger partial charge on any atom is -0.481 e. The van der Waals surface area contributed by atoms with Crippen LogP contribution in [0.4, 0.5) is 0 Å². The maximum Gasteiger partial charge on any atom is 0.303 e. The lowest BCUT2D eigenvalue weighted by molar-refractivity contribution is -0.137. The summed E-state index contributed by atoms with van der Waals surface area (Å²) in [6.07, 6.45) is 31.0. The van der Waals surface area contributed by atoms with Gasteiger partial charge in [-0.1, -0.05) is 65.8 Å². The number of carbonyl (C=O) groups excluding carboxylic acids is 3. The molecule has 0 bridgehead atoms. The average Bonchev–Trinajstić information content (AvgIpc) is 3.67. The summed E-state index contributed by atoms with van der Waals surface area (Å²) in [4.78, 5) is 45.7. The Hall–Kier alpha value is -2.56. The number of carbonyl (C=O) groups is 4. The van der Waals surface area contributed by atoms with E-state index in [9.17, 15) is 19.2 Å². The number of carboxylic acid groups (broad SMARTS) is 1. The Balaban J connectivity index is 0.000000164. The highest BCUT2D eigenvalue weighted by molar-refractivity contribution is 5.92. The van der Waals surface area contributed by atoms with E-state index < -0.39 is 5.97 Å². The fourth-order valence-corrected chi connectivity index (χ4v) is 15.0. The lowest BCUT2D eigenvalue weighted by Crippen LogP contribution is -2.49. The normalized spacial score (nSPS) is 44.7. The van der Waals surface area contributed by atoms with E-state index in [1.807, 2.05) is 12.2 Å². The molecule has 0 aliphatic heterocycles. The molecule has 0 aromatic heterocycles. The van der Waals surface area contributed by atoms with Gasteiger partial charge in [0, 0.05) is 25.7 Å². The van der Waals surface area contributed by atoms with Gasteiger partial charge in [-0.05, 0) is 181 Å². The predicted octanol–water partition coefficient (Wildman–Crippen LogP) is 10.9. The fourth-order valence-electron chi connectivity index (χ4n) is 15.0. The number of carboxylic acids is 1. The molecule has 8 rings (SSSR count). The van der Waals surface area contributed by atoms with E-state index in [-0.39, 0.29) is 10.8 Å². The molecule has 14 atom stereocenters. The maximum atomic E-state index is 11.9. The highest BCUT2D eigenvalue weighted by Gasteiger charge is 2.60. The van der Waals surface area contributed by atoms with Crippen molar-refractivity contribution in [3.63, 3.8) is 0 Å². The molecule has 4 fully saturated rings. The SMILES string of the molecule is C[C@H](CCC(=O)O)[C@H]1CC[C@H]2[C@@H]3C=CC4=CC(=O)CC[C@]4(C)[C@H]3CC[C@]12C.C[C@H](CCC=O)[C@H]1CC[C@H]2[C@@H]3C=CC4=CC(=O)CC[C@]4(C)[C@H]3CC[C@]12C. The number of allylic oxidation sites excluding steroid dienone is 8. The standard InChI is InChI=1S/C24H34O3.C24H34O2/c1-15(4-9-22(26)27)19-7-8-20-18-6-5-16-14-17(25)10-12-23(16,2)21(18)11-13-24(19,20)3;1-16(5-4-14-25)20-8-9-21-19-7-6-17-15-18(26)10-12-23(17,2)22(19)11-13-24(20,21)3/h5-6,14-15,18-21H,4,7-13H2,1-3H3,(H,26,27);6-7,14-16,19-22H,4-5,8-13H2,1-3H3/t15-,18+,19-,20+,21+,23+,24-;16-,19+,20-,21+,22+,23+,24-/m11/s1. The van der Waals surface area contributed by atoms with Crippen LogP contribution in [0.15, 0.2) is 47.6 Å². The first kappa shape index (κ1) is 38.7. The summed E-state index contributed by atoms with van der Waals surface area (Å²) in [6, 6.07) is 0. The van der Waals surface area contributed by atoms with E-state index in [0.29, 0.717) is 89.0 Å². The van der Waals surface area contributed by atoms with Crippen molar-refractivity contribution < 1.29 is 24.3 Å². The third-order valence-electron chi connectivity index (χ3n) is 18.1. The van der Waals surface area contributed by atoms with Gasteiger partial charge in [0.25, 0.3) is 0 Å². The van der Waals surface area contributed by atoms with Crippen LogP contribution in [0.5, 0.6) is 0 Å². The Morgan fingerprint density at radius 1 is 0.698 bits per heavy atom. The van der Waals surface area contributed by atoms with Crippen molar-refractivity contribution in [3.8, 4) is 0 Å². The zero-order valence-electron chi connectivity index (χ0n) is 33.7. The third-order valence-corrected chi connectivity index (χ3v) is 18.1. The van der Waals surface area contributed by atoms with Gasteiger partial charge in [-0.2, -0.15) is 0 Å². The summed E-state index contributed by atoms with van der Waals surface area (Å²) in [5.41, 5.74) is 3.71. The lowest BCUT2D eigenvalue weighted by atomic mass is 9.48. The van der Waals surface area contributed by atoms with Gasteiger partial charge in [0.2, 0.25) is 0 Å². The molecule has 0 unspecified atom stereocenters. The number of hydrogen-bond donors (Lipinski definition) is 1. The molecule has 8 aliphatic rings. The minimum absolute atomic E-state index is 0.168. The third kappa shape index (κ3) is 6.54. The number of aliphatic carboxylic acids is 1. The monoisotopic (exact) mass is 725 g/mol. The molecular formula is C48H68O5. The van der Waals surface area contributed by atoms with Crippen LogP contribution in [0.25, 0.3) is 0 Å². The molecule has 1 N–H and O–H groups in total. The van der Waals surface area contributed by atoms with Crippen molar-refractivity contribution in [1.29, 1.82) is 0 Å². The molecule has 4 saturated carbocycles. The van der Waals surface area contributed by atoms with Crippen LogP contribution in [0.1, 0.15) is 144 Å². The van der Waals surface area contributed by atoms with Crippen molar-refractivity contribution in [2.75, 3.05) is 0 Å². The summed E-state index contributed by atoms with van der Waals surface area (Å²) in [5, 5.41) is 9.07. The quantitative estimate of drug-likeness (QED) is 0.252. The first-order valence-corrected chi connectivity index (χ1v) is 21.7. The van der Waals surface area contributed by atoms with Gasteiger partial charge in [-0.25, -0.2) is 0 Å². The number of aldehydes is 1. The Kier molecular flexibility index (Phi) is 10.6. The number of hydrogen-bond acceptors (Lipinski definition) is 4. The van der Waals surface area contributed by atoms with Crippen LogP contribution in [-0.4, -0.2) is 28.9 Å². The molecule has 290 valence electrons. The largest absolute Gasteiger partial charge is 0.481 e. The van der Waals surface area contributed by atoms with Gasteiger partial charge in [-0.3, -0.25) is 14.4 Å². The van der Waals surface area contributed by atoms with Crippen molar-refractivity contribution in [2.45, 2.75) is 144 Å². The highest BCUT2D eigenvalue weighted by atomic mass is 16.4. The molecule has 0 aromatic carbocycles. The second kappa shape index (κ2) is 14.5. The zero-order chi connectivity index (χ0) is 37.9. The van der Waals surface area contributed by atoms with Gasteiger partial charge in [0.05, 0.1) is 0 Å². The van der Waals surface area contributed by atoms with Crippen molar-refractivity contribution in [3.05, 3.63) is 47.6 Å². The van der Waals surface area contributed by atoms with Crippen molar-refractivity contribution >= 4 is 23.8 Å². The molecule has 5 nitrogen and oxygen atoms in total. The van der Waals surface area contributed by atoms with E-state index >= 15 is 0 Å². The Bertz CT molecular complexity index is 1600. The van der Waals surface area contributed by atoms with E-state index in [1.54, 1.807) is 0 Å². The Morgan fingerprint density at radius 2 is 1.15 bits per heavy atom. The average molecular weight is 725 g/mol. The highest BCUT2D eigenvalue weighted by Crippen LogP contribution is 2.68. The molecule has 0 amide bonds. The lowest BCUT2D eigenvalue weighted by Gasteiger charge is -2.56. The van der Waals surface area contributed by atoms with Gasteiger partial charge in [-0.15, -0.1) is 0 Å². The molecule has 8 aliphatic carbocycles. The van der Waals surface area contributed by atoms with Gasteiger partial charge in [0.15, 0.2) is 11.6 Å². The number of fused-ring (bicyclic) bond motifs is 10. The summed E-state index contributed by atoms with van der Waals surface area (Å²) >= 11 is 0. The number of rotatable bonds is 8. The second-order valence-electron chi connectivity index (χ2n) is 20.4. The molecule has 0 radical (unpaired) electrons. The number of ketones is 2. The van der Waals surface area contributed by atoms with Crippen LogP contribution >= 0.6 is 0 Å². The maximum absolute atomic E-state index is 11.9. The molecule has 0 spiro atoms. The second-order valence-corrected chi connectivity index (χ2v) is 20.4. The molecule has 0 saturated heterocycles. The molecule has 0 heterocycles. The van der Waals surface area contributed by atoms with Crippen LogP contribution in [0, 0.1) is 80.8 Å². The summed E-state index contributed by atoms with van der Waals surface area (Å²) in [7, 11) is 0. The molecular weight excluding hydrogens is 657 g/mol. The first-order chi connectivity index (χ1) is 25.2. The summed E-state index contributed by atoms with van der Waals surface area (Å²) in [6.45, 7) is 14.5. The van der Waals surface area contributed by atoms with Gasteiger partial charge in [0.1, 0.15) is 6.29 Å². The van der Waals surface area contributed by atoms with Crippen molar-refractivity contribution in [2.24, 2.45) is 80.8 Å². The van der Waals surface area contributed by atoms with Gasteiger partial charge < -0.3 is 9.90 Å². The Labute approximate surface area is 320 Å². The van der Waals surface area contributed by atoms with Crippen LogP contribution in [0.3, 0.4) is 0 Å². The zero-order valence-corrected chi connectivity index (χ0v) is 33.7. The molecule has 0 aromatic rings. The smallest absolute Gasteiger partial charge is 0.303 e. The van der Waals surface area contributed by atoms with Crippen LogP contribution in [-0.2, 0) is 19.2 Å². The summed E-state index contributed by atoms with van der Waals surface area (Å²) < 4.78 is 0. The predicted molar refractivity (Wildman–Crippen MR) is 211 cm³/mol. The summed E-state index contributed by atoms with van der Waals surface area (Å²) in [5.74, 6) is 6.62. The van der Waals surface area contributed by atoms with E-state index in [1.165, 1.54) is 62.5 Å². The fraction of sp³-hybridized carbons (Fsp3) is 0.750. The minimum atomic E-state index is -0.667.